The van der Waals surface area contributed by atoms with E-state index in [1.54, 1.807) is 36.4 Å². The zero-order chi connectivity index (χ0) is 25.7. The van der Waals surface area contributed by atoms with Crippen LogP contribution in [0.2, 0.25) is 0 Å². The van der Waals surface area contributed by atoms with Crippen LogP contribution in [0.3, 0.4) is 0 Å². The average molecular weight is 501 g/mol. The van der Waals surface area contributed by atoms with Crippen molar-refractivity contribution < 1.29 is 31.8 Å². The summed E-state index contributed by atoms with van der Waals surface area (Å²) in [4.78, 5) is 0. The Morgan fingerprint density at radius 2 is 1.39 bits per heavy atom. The second-order valence-corrected chi connectivity index (χ2v) is 8.61. The largest absolute Gasteiger partial charge is 0.490 e. The number of rotatable bonds is 8. The zero-order valence-electron chi connectivity index (χ0n) is 20.2. The fraction of sp³-hybridized carbons (Fsp3) is 0.310. The summed E-state index contributed by atoms with van der Waals surface area (Å²) in [6.45, 7) is 4.55. The first kappa shape index (κ1) is 25.9. The number of hydrogen-bond donors (Lipinski definition) is 0. The summed E-state index contributed by atoms with van der Waals surface area (Å²) < 4.78 is 75.5. The molecule has 0 radical (unpaired) electrons. The molecule has 190 valence electrons. The number of benzene rings is 3. The van der Waals surface area contributed by atoms with E-state index in [0.29, 0.717) is 17.7 Å². The van der Waals surface area contributed by atoms with Gasteiger partial charge in [-0.15, -0.1) is 0 Å². The Labute approximate surface area is 208 Å². The van der Waals surface area contributed by atoms with Gasteiger partial charge in [0.25, 0.3) is 0 Å². The van der Waals surface area contributed by atoms with E-state index in [2.05, 4.69) is 0 Å². The summed E-state index contributed by atoms with van der Waals surface area (Å²) in [6, 6.07) is 12.0. The van der Waals surface area contributed by atoms with Crippen LogP contribution in [0.5, 0.6) is 5.75 Å². The predicted molar refractivity (Wildman–Crippen MR) is 131 cm³/mol. The highest BCUT2D eigenvalue weighted by atomic mass is 19.2. The van der Waals surface area contributed by atoms with Crippen LogP contribution in [0.25, 0.3) is 22.3 Å². The molecule has 1 aliphatic heterocycles. The van der Waals surface area contributed by atoms with Crippen molar-refractivity contribution in [2.24, 2.45) is 0 Å². The van der Waals surface area contributed by atoms with Crippen molar-refractivity contribution >= 4 is 0 Å². The van der Waals surface area contributed by atoms with Crippen molar-refractivity contribution in [1.29, 1.82) is 0 Å². The topological polar surface area (TPSA) is 27.7 Å². The smallest absolute Gasteiger partial charge is 0.201 e. The lowest BCUT2D eigenvalue weighted by atomic mass is 9.94. The zero-order valence-corrected chi connectivity index (χ0v) is 20.2. The second-order valence-electron chi connectivity index (χ2n) is 8.61. The summed E-state index contributed by atoms with van der Waals surface area (Å²) >= 11 is 0. The Hall–Kier alpha value is -3.16. The summed E-state index contributed by atoms with van der Waals surface area (Å²) in [6.07, 6.45) is 4.67. The monoisotopic (exact) mass is 500 g/mol. The van der Waals surface area contributed by atoms with Gasteiger partial charge in [-0.1, -0.05) is 55.8 Å². The standard InChI is InChI=1S/C29H28F4O3/c1-3-5-15-34-24-14-13-22(28(32)29(24)33)19-9-7-18(8-10-19)21-11-12-23(27(31)26(21)30)20-16-35-25(6-4-2)36-17-20/h4,6-14,20,25H,3,5,15-17H2,1-2H3. The predicted octanol–water partition coefficient (Wildman–Crippen LogP) is 7.79. The van der Waals surface area contributed by atoms with Gasteiger partial charge in [-0.05, 0) is 48.2 Å². The minimum absolute atomic E-state index is 0.0532. The molecule has 0 saturated carbocycles. The SMILES string of the molecule is CC=CC1OCC(c2ccc(-c3ccc(-c4ccc(OCCCC)c(F)c4F)cc3)c(F)c2F)CO1. The van der Waals surface area contributed by atoms with Gasteiger partial charge in [-0.3, -0.25) is 0 Å². The lowest BCUT2D eigenvalue weighted by molar-refractivity contribution is -0.159. The summed E-state index contributed by atoms with van der Waals surface area (Å²) in [5, 5.41) is 0. The number of halogens is 4. The van der Waals surface area contributed by atoms with E-state index in [4.69, 9.17) is 14.2 Å². The lowest BCUT2D eigenvalue weighted by Gasteiger charge is -2.28. The molecule has 1 aliphatic rings. The first-order valence-corrected chi connectivity index (χ1v) is 12.0. The maximum absolute atomic E-state index is 15.0. The highest BCUT2D eigenvalue weighted by Crippen LogP contribution is 2.34. The molecule has 0 unspecified atom stereocenters. The minimum atomic E-state index is -1.05. The molecule has 0 aromatic heterocycles. The van der Waals surface area contributed by atoms with Crippen molar-refractivity contribution in [3.63, 3.8) is 0 Å². The van der Waals surface area contributed by atoms with Crippen molar-refractivity contribution in [3.8, 4) is 28.0 Å². The van der Waals surface area contributed by atoms with Gasteiger partial charge in [0.2, 0.25) is 5.82 Å². The molecule has 1 fully saturated rings. The maximum Gasteiger partial charge on any atom is 0.201 e. The van der Waals surface area contributed by atoms with E-state index in [9.17, 15) is 13.2 Å². The van der Waals surface area contributed by atoms with Gasteiger partial charge in [0.1, 0.15) is 0 Å². The lowest BCUT2D eigenvalue weighted by Crippen LogP contribution is -2.30. The van der Waals surface area contributed by atoms with Crippen LogP contribution in [-0.2, 0) is 9.47 Å². The Morgan fingerprint density at radius 3 is 1.97 bits per heavy atom. The maximum atomic E-state index is 15.0. The molecule has 0 spiro atoms. The number of allylic oxidation sites excluding steroid dienone is 1. The molecule has 3 nitrogen and oxygen atoms in total. The van der Waals surface area contributed by atoms with E-state index in [1.165, 1.54) is 24.3 Å². The van der Waals surface area contributed by atoms with E-state index in [1.807, 2.05) is 13.8 Å². The van der Waals surface area contributed by atoms with Crippen LogP contribution in [0.4, 0.5) is 17.6 Å². The van der Waals surface area contributed by atoms with Crippen molar-refractivity contribution in [1.82, 2.24) is 0 Å². The molecule has 36 heavy (non-hydrogen) atoms. The summed E-state index contributed by atoms with van der Waals surface area (Å²) in [5.41, 5.74) is 1.12. The van der Waals surface area contributed by atoms with Crippen molar-refractivity contribution in [2.75, 3.05) is 19.8 Å². The summed E-state index contributed by atoms with van der Waals surface area (Å²) in [5.74, 6) is -4.57. The van der Waals surface area contributed by atoms with Crippen LogP contribution >= 0.6 is 0 Å². The molecule has 1 heterocycles. The molecule has 4 rings (SSSR count). The van der Waals surface area contributed by atoms with Crippen LogP contribution in [-0.4, -0.2) is 26.1 Å². The molecule has 0 atom stereocenters. The Bertz CT molecular complexity index is 1220. The van der Waals surface area contributed by atoms with Crippen molar-refractivity contribution in [2.45, 2.75) is 38.9 Å². The Balaban J connectivity index is 1.53. The normalized spacial score (nSPS) is 18.1. The van der Waals surface area contributed by atoms with Gasteiger partial charge in [-0.2, -0.15) is 4.39 Å². The first-order chi connectivity index (χ1) is 17.4. The third kappa shape index (κ3) is 5.47. The van der Waals surface area contributed by atoms with Gasteiger partial charge < -0.3 is 14.2 Å². The highest BCUT2D eigenvalue weighted by Gasteiger charge is 2.27. The summed E-state index contributed by atoms with van der Waals surface area (Å²) in [7, 11) is 0. The van der Waals surface area contributed by atoms with Gasteiger partial charge >= 0.3 is 0 Å². The quantitative estimate of drug-likeness (QED) is 0.180. The third-order valence-corrected chi connectivity index (χ3v) is 6.13. The van der Waals surface area contributed by atoms with Crippen LogP contribution in [0.15, 0.2) is 60.7 Å². The molecule has 0 bridgehead atoms. The minimum Gasteiger partial charge on any atom is -0.490 e. The third-order valence-electron chi connectivity index (χ3n) is 6.13. The van der Waals surface area contributed by atoms with E-state index >= 15 is 4.39 Å². The molecule has 0 N–H and O–H groups in total. The second kappa shape index (κ2) is 11.7. The Kier molecular flexibility index (Phi) is 8.44. The fourth-order valence-corrected chi connectivity index (χ4v) is 4.09. The first-order valence-electron chi connectivity index (χ1n) is 12.0. The van der Waals surface area contributed by atoms with E-state index in [-0.39, 0.29) is 35.7 Å². The Morgan fingerprint density at radius 1 is 0.806 bits per heavy atom. The molecule has 3 aromatic rings. The van der Waals surface area contributed by atoms with Crippen LogP contribution < -0.4 is 4.74 Å². The molecular formula is C29H28F4O3. The molecule has 1 saturated heterocycles. The number of unbranched alkanes of at least 4 members (excludes halogenated alkanes) is 1. The molecule has 7 heteroatoms. The fourth-order valence-electron chi connectivity index (χ4n) is 4.09. The van der Waals surface area contributed by atoms with E-state index in [0.717, 1.165) is 12.8 Å². The number of hydrogen-bond acceptors (Lipinski definition) is 3. The molecule has 0 aliphatic carbocycles. The van der Waals surface area contributed by atoms with Crippen LogP contribution in [0.1, 0.15) is 38.2 Å². The average Bonchev–Trinajstić information content (AvgIpc) is 2.89. The van der Waals surface area contributed by atoms with Crippen LogP contribution in [0, 0.1) is 23.3 Å². The van der Waals surface area contributed by atoms with Gasteiger partial charge in [0, 0.05) is 17.0 Å². The van der Waals surface area contributed by atoms with Gasteiger partial charge in [-0.25, -0.2) is 13.2 Å². The van der Waals surface area contributed by atoms with Gasteiger partial charge in [0.15, 0.2) is 29.5 Å². The number of ether oxygens (including phenoxy) is 3. The molecule has 0 amide bonds. The van der Waals surface area contributed by atoms with Gasteiger partial charge in [0.05, 0.1) is 19.8 Å². The molecular weight excluding hydrogens is 472 g/mol. The highest BCUT2D eigenvalue weighted by molar-refractivity contribution is 5.72. The van der Waals surface area contributed by atoms with Crippen molar-refractivity contribution in [3.05, 3.63) is 89.5 Å². The van der Waals surface area contributed by atoms with E-state index < -0.39 is 35.5 Å². The molecule has 3 aromatic carbocycles.